The molecule has 0 amide bonds. The van der Waals surface area contributed by atoms with Crippen LogP contribution in [-0.4, -0.2) is 10.1 Å². The molecule has 1 rings (SSSR count). The monoisotopic (exact) mass is 148 g/mol. The zero-order chi connectivity index (χ0) is 8.10. The van der Waals surface area contributed by atoms with Crippen molar-refractivity contribution in [2.45, 2.75) is 13.2 Å². The van der Waals surface area contributed by atoms with Crippen LogP contribution >= 0.6 is 0 Å². The third-order valence-corrected chi connectivity index (χ3v) is 1.27. The lowest BCUT2D eigenvalue weighted by atomic mass is 10.3. The average Bonchev–Trinajstić information content (AvgIpc) is 2.06. The molecule has 0 radical (unpaired) electrons. The number of aliphatic hydroxyl groups excluding tert-OH is 1. The van der Waals surface area contributed by atoms with Gasteiger partial charge in [0.1, 0.15) is 5.69 Å². The SMILES string of the molecule is [C-]#[N+]Cc1cccc(CO)n1. The van der Waals surface area contributed by atoms with E-state index in [1.807, 2.05) is 0 Å². The first-order valence-corrected chi connectivity index (χ1v) is 3.25. The van der Waals surface area contributed by atoms with Gasteiger partial charge >= 0.3 is 0 Å². The van der Waals surface area contributed by atoms with Crippen molar-refractivity contribution in [3.05, 3.63) is 41.0 Å². The molecule has 3 heteroatoms. The third kappa shape index (κ3) is 2.03. The lowest BCUT2D eigenvalue weighted by Crippen LogP contribution is -1.92. The summed E-state index contributed by atoms with van der Waals surface area (Å²) in [5, 5.41) is 8.69. The normalized spacial score (nSPS) is 9.09. The summed E-state index contributed by atoms with van der Waals surface area (Å²) in [7, 11) is 0. The van der Waals surface area contributed by atoms with E-state index in [-0.39, 0.29) is 13.2 Å². The van der Waals surface area contributed by atoms with Crippen LogP contribution < -0.4 is 0 Å². The maximum absolute atomic E-state index is 8.69. The van der Waals surface area contributed by atoms with Crippen molar-refractivity contribution in [2.75, 3.05) is 0 Å². The molecule has 0 spiro atoms. The molecule has 1 aromatic rings. The summed E-state index contributed by atoms with van der Waals surface area (Å²) >= 11 is 0. The van der Waals surface area contributed by atoms with Crippen LogP contribution in [-0.2, 0) is 13.2 Å². The first kappa shape index (κ1) is 7.70. The Morgan fingerprint density at radius 1 is 1.45 bits per heavy atom. The predicted molar refractivity (Wildman–Crippen MR) is 40.5 cm³/mol. The molecule has 0 saturated heterocycles. The highest BCUT2D eigenvalue weighted by Crippen LogP contribution is 2.00. The molecule has 0 fully saturated rings. The summed E-state index contributed by atoms with van der Waals surface area (Å²) in [6.07, 6.45) is 0. The fourth-order valence-electron chi connectivity index (χ4n) is 0.786. The maximum atomic E-state index is 8.69. The molecule has 1 aromatic heterocycles. The second-order valence-corrected chi connectivity index (χ2v) is 2.09. The molecular weight excluding hydrogens is 140 g/mol. The van der Waals surface area contributed by atoms with E-state index in [2.05, 4.69) is 9.83 Å². The lowest BCUT2D eigenvalue weighted by Gasteiger charge is -1.94. The van der Waals surface area contributed by atoms with Gasteiger partial charge in [-0.15, -0.1) is 0 Å². The topological polar surface area (TPSA) is 37.5 Å². The van der Waals surface area contributed by atoms with Gasteiger partial charge in [-0.3, -0.25) is 0 Å². The number of aromatic nitrogens is 1. The number of rotatable bonds is 2. The predicted octanol–water partition coefficient (Wildman–Crippen LogP) is 0.993. The second kappa shape index (κ2) is 3.69. The minimum Gasteiger partial charge on any atom is -0.390 e. The van der Waals surface area contributed by atoms with Crippen molar-refractivity contribution < 1.29 is 5.11 Å². The molecule has 1 heterocycles. The van der Waals surface area contributed by atoms with Crippen LogP contribution in [0, 0.1) is 6.57 Å². The first-order chi connectivity index (χ1) is 5.36. The zero-order valence-corrected chi connectivity index (χ0v) is 5.99. The molecule has 3 nitrogen and oxygen atoms in total. The standard InChI is InChI=1S/C8H8N2O/c1-9-5-7-3-2-4-8(6-11)10-7/h2-4,11H,5-6H2. The average molecular weight is 148 g/mol. The molecule has 0 bridgehead atoms. The maximum Gasteiger partial charge on any atom is 0.256 e. The molecule has 0 atom stereocenters. The largest absolute Gasteiger partial charge is 0.390 e. The van der Waals surface area contributed by atoms with Crippen LogP contribution in [0.25, 0.3) is 4.85 Å². The summed E-state index contributed by atoms with van der Waals surface area (Å²) in [6, 6.07) is 5.30. The van der Waals surface area contributed by atoms with Crippen molar-refractivity contribution in [1.29, 1.82) is 0 Å². The number of hydrogen-bond donors (Lipinski definition) is 1. The summed E-state index contributed by atoms with van der Waals surface area (Å²) in [5.74, 6) is 0. The van der Waals surface area contributed by atoms with Gasteiger partial charge in [0.15, 0.2) is 0 Å². The molecule has 11 heavy (non-hydrogen) atoms. The van der Waals surface area contributed by atoms with E-state index in [1.54, 1.807) is 18.2 Å². The second-order valence-electron chi connectivity index (χ2n) is 2.09. The summed E-state index contributed by atoms with van der Waals surface area (Å²) in [5.41, 5.74) is 1.33. The lowest BCUT2D eigenvalue weighted by molar-refractivity contribution is 0.276. The molecular formula is C8H8N2O. The van der Waals surface area contributed by atoms with Crippen molar-refractivity contribution in [3.8, 4) is 0 Å². The van der Waals surface area contributed by atoms with Gasteiger partial charge in [-0.25, -0.2) is 11.6 Å². The van der Waals surface area contributed by atoms with E-state index in [1.165, 1.54) is 0 Å². The minimum atomic E-state index is -0.0637. The molecule has 56 valence electrons. The van der Waals surface area contributed by atoms with Crippen LogP contribution in [0.4, 0.5) is 0 Å². The number of hydrogen-bond acceptors (Lipinski definition) is 2. The van der Waals surface area contributed by atoms with Gasteiger partial charge in [0, 0.05) is 0 Å². The van der Waals surface area contributed by atoms with Crippen molar-refractivity contribution in [1.82, 2.24) is 4.98 Å². The van der Waals surface area contributed by atoms with E-state index < -0.39 is 0 Å². The van der Waals surface area contributed by atoms with Gasteiger partial charge in [0.25, 0.3) is 6.54 Å². The minimum absolute atomic E-state index is 0.0637. The molecule has 1 N–H and O–H groups in total. The Morgan fingerprint density at radius 3 is 2.82 bits per heavy atom. The van der Waals surface area contributed by atoms with Crippen LogP contribution in [0.3, 0.4) is 0 Å². The highest BCUT2D eigenvalue weighted by molar-refractivity contribution is 5.11. The number of nitrogens with zero attached hydrogens (tertiary/aromatic N) is 2. The molecule has 0 aliphatic heterocycles. The van der Waals surface area contributed by atoms with Crippen LogP contribution in [0.15, 0.2) is 18.2 Å². The van der Waals surface area contributed by atoms with Crippen LogP contribution in [0.5, 0.6) is 0 Å². The molecule has 0 aliphatic carbocycles. The smallest absolute Gasteiger partial charge is 0.256 e. The Labute approximate surface area is 65.1 Å². The molecule has 0 aromatic carbocycles. The summed E-state index contributed by atoms with van der Waals surface area (Å²) < 4.78 is 0. The Bertz CT molecular complexity index is 278. The van der Waals surface area contributed by atoms with Gasteiger partial charge in [0.2, 0.25) is 0 Å². The van der Waals surface area contributed by atoms with E-state index in [0.29, 0.717) is 11.4 Å². The van der Waals surface area contributed by atoms with Gasteiger partial charge in [-0.2, -0.15) is 0 Å². The zero-order valence-electron chi connectivity index (χ0n) is 5.99. The van der Waals surface area contributed by atoms with Gasteiger partial charge in [0.05, 0.1) is 12.3 Å². The Hall–Kier alpha value is -1.40. The number of pyridine rings is 1. The van der Waals surface area contributed by atoms with E-state index in [0.717, 1.165) is 0 Å². The van der Waals surface area contributed by atoms with E-state index in [9.17, 15) is 0 Å². The Kier molecular flexibility index (Phi) is 2.59. The van der Waals surface area contributed by atoms with E-state index in [4.69, 9.17) is 11.7 Å². The van der Waals surface area contributed by atoms with Gasteiger partial charge in [-0.1, -0.05) is 6.07 Å². The fraction of sp³-hybridized carbons (Fsp3) is 0.250. The molecule has 0 saturated carbocycles. The van der Waals surface area contributed by atoms with Crippen LogP contribution in [0.2, 0.25) is 0 Å². The number of aliphatic hydroxyl groups is 1. The summed E-state index contributed by atoms with van der Waals surface area (Å²) in [6.45, 7) is 6.81. The van der Waals surface area contributed by atoms with Crippen molar-refractivity contribution >= 4 is 0 Å². The highest BCUT2D eigenvalue weighted by atomic mass is 16.3. The molecule has 0 unspecified atom stereocenters. The highest BCUT2D eigenvalue weighted by Gasteiger charge is 1.96. The quantitative estimate of drug-likeness (QED) is 0.635. The molecule has 0 aliphatic rings. The Balaban J connectivity index is 2.84. The fourth-order valence-corrected chi connectivity index (χ4v) is 0.786. The Morgan fingerprint density at radius 2 is 2.18 bits per heavy atom. The van der Waals surface area contributed by atoms with Gasteiger partial charge in [-0.05, 0) is 12.1 Å². The third-order valence-electron chi connectivity index (χ3n) is 1.27. The van der Waals surface area contributed by atoms with E-state index >= 15 is 0 Å². The van der Waals surface area contributed by atoms with Crippen LogP contribution in [0.1, 0.15) is 11.4 Å². The first-order valence-electron chi connectivity index (χ1n) is 3.25. The van der Waals surface area contributed by atoms with Crippen molar-refractivity contribution in [2.24, 2.45) is 0 Å². The summed E-state index contributed by atoms with van der Waals surface area (Å²) in [4.78, 5) is 7.20. The van der Waals surface area contributed by atoms with Crippen molar-refractivity contribution in [3.63, 3.8) is 0 Å². The van der Waals surface area contributed by atoms with Gasteiger partial charge < -0.3 is 9.95 Å².